The number of carbonyl (C=O) groups is 2. The molecule has 3 atom stereocenters. The Bertz CT molecular complexity index is 593. The number of aliphatic hydroxyl groups excluding tert-OH is 1. The third-order valence-electron chi connectivity index (χ3n) is 8.92. The predicted molar refractivity (Wildman–Crippen MR) is 178 cm³/mol. The Morgan fingerprint density at radius 3 is 1.02 bits per heavy atom. The zero-order valence-corrected chi connectivity index (χ0v) is 28.6. The number of hydrogen-bond acceptors (Lipinski definition) is 5. The molecule has 5 nitrogen and oxygen atoms in total. The summed E-state index contributed by atoms with van der Waals surface area (Å²) in [5.74, 6) is 1.17. The van der Waals surface area contributed by atoms with E-state index in [9.17, 15) is 14.7 Å². The summed E-state index contributed by atoms with van der Waals surface area (Å²) in [6.45, 7) is 9.01. The molecule has 0 radical (unpaired) electrons. The van der Waals surface area contributed by atoms with Gasteiger partial charge in [0.05, 0.1) is 0 Å². The van der Waals surface area contributed by atoms with Crippen molar-refractivity contribution in [3.8, 4) is 0 Å². The fourth-order valence-electron chi connectivity index (χ4n) is 5.33. The predicted octanol–water partition coefficient (Wildman–Crippen LogP) is 10.9. The largest absolute Gasteiger partial charge is 0.463 e. The van der Waals surface area contributed by atoms with Gasteiger partial charge in [0, 0.05) is 12.8 Å². The van der Waals surface area contributed by atoms with Gasteiger partial charge < -0.3 is 14.6 Å². The van der Waals surface area contributed by atoms with E-state index < -0.39 is 6.10 Å². The average molecular weight is 597 g/mol. The number of unbranched alkanes of at least 4 members (excludes halogenated alkanes) is 18. The maximum Gasteiger partial charge on any atom is 0.305 e. The SMILES string of the molecule is CCC(C)CCCCCCCCCCCCCCCCC(=O)OC[C@@H](O)COC(=O)CCCCCCCCC(C)CC. The van der Waals surface area contributed by atoms with E-state index in [1.807, 2.05) is 0 Å². The number of carbonyl (C=O) groups excluding carboxylic acids is 2. The zero-order chi connectivity index (χ0) is 31.1. The molecule has 0 aliphatic heterocycles. The first kappa shape index (κ1) is 40.9. The van der Waals surface area contributed by atoms with Crippen molar-refractivity contribution in [2.24, 2.45) is 11.8 Å². The molecule has 0 aromatic rings. The van der Waals surface area contributed by atoms with Crippen molar-refractivity contribution in [3.05, 3.63) is 0 Å². The van der Waals surface area contributed by atoms with Crippen LogP contribution in [0.3, 0.4) is 0 Å². The van der Waals surface area contributed by atoms with Gasteiger partial charge in [0.1, 0.15) is 19.3 Å². The highest BCUT2D eigenvalue weighted by Gasteiger charge is 2.12. The van der Waals surface area contributed by atoms with Crippen molar-refractivity contribution >= 4 is 11.9 Å². The molecule has 0 aliphatic carbocycles. The molecule has 5 heteroatoms. The zero-order valence-electron chi connectivity index (χ0n) is 28.6. The van der Waals surface area contributed by atoms with Crippen LogP contribution in [-0.2, 0) is 19.1 Å². The lowest BCUT2D eigenvalue weighted by Crippen LogP contribution is -2.25. The van der Waals surface area contributed by atoms with Gasteiger partial charge in [-0.2, -0.15) is 0 Å². The molecule has 0 spiro atoms. The quantitative estimate of drug-likeness (QED) is 0.0617. The maximum atomic E-state index is 11.9. The Morgan fingerprint density at radius 1 is 0.476 bits per heavy atom. The fourth-order valence-corrected chi connectivity index (χ4v) is 5.33. The van der Waals surface area contributed by atoms with E-state index in [2.05, 4.69) is 27.7 Å². The summed E-state index contributed by atoms with van der Waals surface area (Å²) in [5, 5.41) is 9.97. The van der Waals surface area contributed by atoms with E-state index in [0.29, 0.717) is 12.8 Å². The molecular weight excluding hydrogens is 524 g/mol. The van der Waals surface area contributed by atoms with Gasteiger partial charge in [-0.25, -0.2) is 0 Å². The molecule has 250 valence electrons. The van der Waals surface area contributed by atoms with Gasteiger partial charge in [-0.05, 0) is 24.7 Å². The molecule has 0 aliphatic rings. The summed E-state index contributed by atoms with van der Waals surface area (Å²) in [6, 6.07) is 0. The summed E-state index contributed by atoms with van der Waals surface area (Å²) < 4.78 is 10.3. The van der Waals surface area contributed by atoms with E-state index >= 15 is 0 Å². The first-order valence-corrected chi connectivity index (χ1v) is 18.4. The van der Waals surface area contributed by atoms with Gasteiger partial charge in [0.25, 0.3) is 0 Å². The van der Waals surface area contributed by atoms with Crippen molar-refractivity contribution in [1.29, 1.82) is 0 Å². The van der Waals surface area contributed by atoms with Crippen molar-refractivity contribution < 1.29 is 24.2 Å². The summed E-state index contributed by atoms with van der Waals surface area (Å²) >= 11 is 0. The van der Waals surface area contributed by atoms with Gasteiger partial charge in [0.2, 0.25) is 0 Å². The van der Waals surface area contributed by atoms with Crippen LogP contribution in [0.2, 0.25) is 0 Å². The first-order valence-electron chi connectivity index (χ1n) is 18.4. The normalized spacial score (nSPS) is 13.5. The van der Waals surface area contributed by atoms with Crippen molar-refractivity contribution in [1.82, 2.24) is 0 Å². The molecule has 1 N–H and O–H groups in total. The molecule has 42 heavy (non-hydrogen) atoms. The first-order chi connectivity index (χ1) is 20.4. The van der Waals surface area contributed by atoms with Crippen LogP contribution in [-0.4, -0.2) is 36.4 Å². The number of hydrogen-bond donors (Lipinski definition) is 1. The second-order valence-electron chi connectivity index (χ2n) is 13.2. The van der Waals surface area contributed by atoms with Crippen LogP contribution in [0.1, 0.15) is 195 Å². The van der Waals surface area contributed by atoms with Crippen LogP contribution in [0.4, 0.5) is 0 Å². The van der Waals surface area contributed by atoms with E-state index in [1.54, 1.807) is 0 Å². The average Bonchev–Trinajstić information content (AvgIpc) is 2.99. The number of ether oxygens (including phenoxy) is 2. The fraction of sp³-hybridized carbons (Fsp3) is 0.946. The second-order valence-corrected chi connectivity index (χ2v) is 13.2. The van der Waals surface area contributed by atoms with Crippen molar-refractivity contribution in [3.63, 3.8) is 0 Å². The molecular formula is C37H72O5. The highest BCUT2D eigenvalue weighted by molar-refractivity contribution is 5.69. The summed E-state index contributed by atoms with van der Waals surface area (Å²) in [5.41, 5.74) is 0. The van der Waals surface area contributed by atoms with Crippen LogP contribution in [0, 0.1) is 11.8 Å². The van der Waals surface area contributed by atoms with Crippen molar-refractivity contribution in [2.45, 2.75) is 201 Å². The van der Waals surface area contributed by atoms with Gasteiger partial charge >= 0.3 is 11.9 Å². The minimum Gasteiger partial charge on any atom is -0.463 e. The Labute approximate surface area is 261 Å². The lowest BCUT2D eigenvalue weighted by Gasteiger charge is -2.12. The van der Waals surface area contributed by atoms with Crippen LogP contribution in [0.5, 0.6) is 0 Å². The third-order valence-corrected chi connectivity index (χ3v) is 8.92. The summed E-state index contributed by atoms with van der Waals surface area (Å²) in [7, 11) is 0. The Hall–Kier alpha value is -1.10. The summed E-state index contributed by atoms with van der Waals surface area (Å²) in [4.78, 5) is 23.8. The van der Waals surface area contributed by atoms with E-state index in [0.717, 1.165) is 43.9 Å². The van der Waals surface area contributed by atoms with Crippen LogP contribution in [0.15, 0.2) is 0 Å². The smallest absolute Gasteiger partial charge is 0.305 e. The molecule has 0 aromatic heterocycles. The maximum absolute atomic E-state index is 11.9. The number of aliphatic hydroxyl groups is 1. The second kappa shape index (κ2) is 31.3. The molecule has 0 fully saturated rings. The van der Waals surface area contributed by atoms with Crippen LogP contribution >= 0.6 is 0 Å². The molecule has 0 heterocycles. The van der Waals surface area contributed by atoms with Gasteiger partial charge in [-0.1, -0.05) is 169 Å². The minimum absolute atomic E-state index is 0.110. The highest BCUT2D eigenvalue weighted by atomic mass is 16.6. The molecule has 0 saturated carbocycles. The van der Waals surface area contributed by atoms with E-state index in [-0.39, 0.29) is 25.2 Å². The van der Waals surface area contributed by atoms with Gasteiger partial charge in [0.15, 0.2) is 0 Å². The highest BCUT2D eigenvalue weighted by Crippen LogP contribution is 2.17. The lowest BCUT2D eigenvalue weighted by atomic mass is 9.99. The molecule has 0 rings (SSSR count). The Balaban J connectivity index is 3.40. The lowest BCUT2D eigenvalue weighted by molar-refractivity contribution is -0.152. The van der Waals surface area contributed by atoms with Crippen LogP contribution < -0.4 is 0 Å². The third kappa shape index (κ3) is 30.4. The molecule has 0 bridgehead atoms. The monoisotopic (exact) mass is 597 g/mol. The van der Waals surface area contributed by atoms with Gasteiger partial charge in [-0.3, -0.25) is 9.59 Å². The molecule has 0 aromatic carbocycles. The molecule has 0 saturated heterocycles. The Kier molecular flexibility index (Phi) is 30.5. The van der Waals surface area contributed by atoms with Crippen LogP contribution in [0.25, 0.3) is 0 Å². The van der Waals surface area contributed by atoms with Crippen molar-refractivity contribution in [2.75, 3.05) is 13.2 Å². The Morgan fingerprint density at radius 2 is 0.738 bits per heavy atom. The van der Waals surface area contributed by atoms with Gasteiger partial charge in [-0.15, -0.1) is 0 Å². The van der Waals surface area contributed by atoms with E-state index in [4.69, 9.17) is 9.47 Å². The number of rotatable bonds is 32. The molecule has 0 amide bonds. The topological polar surface area (TPSA) is 72.8 Å². The summed E-state index contributed by atoms with van der Waals surface area (Å²) in [6.07, 6.45) is 30.1. The molecule has 2 unspecified atom stereocenters. The van der Waals surface area contributed by atoms with E-state index in [1.165, 1.54) is 122 Å². The minimum atomic E-state index is -0.956. The number of esters is 2. The standard InChI is InChI=1S/C37H72O5/c1-5-33(3)27-23-19-15-13-11-9-7-8-10-12-14-16-21-25-29-36(39)41-31-35(38)32-42-37(40)30-26-22-18-17-20-24-28-34(4)6-2/h33-35,38H,5-32H2,1-4H3/t33?,34?,35-/m1/s1.